The fourth-order valence-electron chi connectivity index (χ4n) is 1.48. The predicted octanol–water partition coefficient (Wildman–Crippen LogP) is 2.10. The normalized spacial score (nSPS) is 16.0. The maximum absolute atomic E-state index is 9.83. The van der Waals surface area contributed by atoms with E-state index in [2.05, 4.69) is 0 Å². The van der Waals surface area contributed by atoms with Gasteiger partial charge in [-0.15, -0.1) is 0 Å². The van der Waals surface area contributed by atoms with Crippen LogP contribution in [-0.2, 0) is 0 Å². The lowest BCUT2D eigenvalue weighted by Gasteiger charge is -2.14. The monoisotopic (exact) mass is 194 g/mol. The number of fused-ring (bicyclic) bond motifs is 1. The van der Waals surface area contributed by atoms with Crippen LogP contribution in [-0.4, -0.2) is 11.9 Å². The molecule has 0 amide bonds. The molecule has 2 rings (SSSR count). The molecule has 0 saturated heterocycles. The van der Waals surface area contributed by atoms with Crippen LogP contribution in [0.3, 0.4) is 0 Å². The molecule has 1 N–H and O–H groups in total. The van der Waals surface area contributed by atoms with Crippen LogP contribution in [0, 0.1) is 5.92 Å². The Morgan fingerprint density at radius 1 is 1.21 bits per heavy atom. The van der Waals surface area contributed by atoms with Gasteiger partial charge in [-0.25, -0.2) is 0 Å². The number of hydrogen-bond acceptors (Lipinski definition) is 3. The Balaban J connectivity index is 2.28. The van der Waals surface area contributed by atoms with E-state index in [9.17, 15) is 5.11 Å². The molecule has 0 fully saturated rings. The summed E-state index contributed by atoms with van der Waals surface area (Å²) in [5.74, 6) is 1.68. The highest BCUT2D eigenvalue weighted by Gasteiger charge is 2.18. The molecule has 3 nitrogen and oxygen atoms in total. The summed E-state index contributed by atoms with van der Waals surface area (Å²) < 4.78 is 10.4. The second kappa shape index (κ2) is 3.50. The summed E-state index contributed by atoms with van der Waals surface area (Å²) in [5.41, 5.74) is 0.879. The zero-order valence-corrected chi connectivity index (χ0v) is 8.36. The zero-order chi connectivity index (χ0) is 10.1. The standard InChI is InChI=1S/C11H14O3/c1-7(2)11(12)8-3-4-9-10(5-8)14-6-13-9/h3-5,7,11-12H,6H2,1-2H3. The summed E-state index contributed by atoms with van der Waals surface area (Å²) in [6.07, 6.45) is -0.440. The highest BCUT2D eigenvalue weighted by atomic mass is 16.7. The van der Waals surface area contributed by atoms with Gasteiger partial charge in [-0.05, 0) is 23.6 Å². The van der Waals surface area contributed by atoms with E-state index in [0.717, 1.165) is 17.1 Å². The Bertz CT molecular complexity index is 333. The minimum absolute atomic E-state index is 0.204. The molecule has 3 heteroatoms. The van der Waals surface area contributed by atoms with Crippen LogP contribution in [0.1, 0.15) is 25.5 Å². The van der Waals surface area contributed by atoms with Gasteiger partial charge < -0.3 is 14.6 Å². The van der Waals surface area contributed by atoms with Gasteiger partial charge in [0.15, 0.2) is 11.5 Å². The van der Waals surface area contributed by atoms with E-state index in [1.165, 1.54) is 0 Å². The van der Waals surface area contributed by atoms with Crippen molar-refractivity contribution in [2.75, 3.05) is 6.79 Å². The van der Waals surface area contributed by atoms with Crippen molar-refractivity contribution in [1.82, 2.24) is 0 Å². The van der Waals surface area contributed by atoms with Gasteiger partial charge in [0.2, 0.25) is 6.79 Å². The maximum atomic E-state index is 9.83. The predicted molar refractivity (Wildman–Crippen MR) is 52.4 cm³/mol. The minimum Gasteiger partial charge on any atom is -0.454 e. The van der Waals surface area contributed by atoms with E-state index >= 15 is 0 Å². The summed E-state index contributed by atoms with van der Waals surface area (Å²) in [5, 5.41) is 9.83. The maximum Gasteiger partial charge on any atom is 0.231 e. The Morgan fingerprint density at radius 2 is 1.93 bits per heavy atom. The Kier molecular flexibility index (Phi) is 2.33. The second-order valence-corrected chi connectivity index (χ2v) is 3.80. The second-order valence-electron chi connectivity index (χ2n) is 3.80. The van der Waals surface area contributed by atoms with E-state index < -0.39 is 6.10 Å². The Morgan fingerprint density at radius 3 is 2.64 bits per heavy atom. The van der Waals surface area contributed by atoms with Crippen LogP contribution in [0.25, 0.3) is 0 Å². The third-order valence-electron chi connectivity index (χ3n) is 2.37. The van der Waals surface area contributed by atoms with Crippen LogP contribution in [0.4, 0.5) is 0 Å². The summed E-state index contributed by atoms with van der Waals surface area (Å²) in [7, 11) is 0. The van der Waals surface area contributed by atoms with Gasteiger partial charge in [0.25, 0.3) is 0 Å². The molecule has 0 saturated carbocycles. The molecule has 1 heterocycles. The van der Waals surface area contributed by atoms with E-state index in [1.54, 1.807) is 0 Å². The molecule has 0 bridgehead atoms. The number of hydrogen-bond donors (Lipinski definition) is 1. The third kappa shape index (κ3) is 1.55. The van der Waals surface area contributed by atoms with Gasteiger partial charge in [0, 0.05) is 0 Å². The van der Waals surface area contributed by atoms with Crippen LogP contribution >= 0.6 is 0 Å². The molecule has 1 aliphatic heterocycles. The Labute approximate surface area is 83.3 Å². The van der Waals surface area contributed by atoms with E-state index in [4.69, 9.17) is 9.47 Å². The lowest BCUT2D eigenvalue weighted by atomic mass is 9.99. The SMILES string of the molecule is CC(C)C(O)c1ccc2c(c1)OCO2. The van der Waals surface area contributed by atoms with Crippen molar-refractivity contribution in [3.05, 3.63) is 23.8 Å². The number of ether oxygens (including phenoxy) is 2. The lowest BCUT2D eigenvalue weighted by Crippen LogP contribution is -2.04. The highest BCUT2D eigenvalue weighted by molar-refractivity contribution is 5.45. The molecule has 1 aromatic carbocycles. The molecule has 14 heavy (non-hydrogen) atoms. The van der Waals surface area contributed by atoms with Crippen LogP contribution < -0.4 is 9.47 Å². The molecule has 0 aromatic heterocycles. The van der Waals surface area contributed by atoms with Crippen molar-refractivity contribution in [2.45, 2.75) is 20.0 Å². The van der Waals surface area contributed by atoms with Crippen molar-refractivity contribution in [1.29, 1.82) is 0 Å². The average molecular weight is 194 g/mol. The minimum atomic E-state index is -0.440. The molecule has 0 spiro atoms. The molecule has 0 aliphatic carbocycles. The van der Waals surface area contributed by atoms with Gasteiger partial charge in [-0.1, -0.05) is 19.9 Å². The first-order valence-corrected chi connectivity index (χ1v) is 4.76. The topological polar surface area (TPSA) is 38.7 Å². The molecule has 1 unspecified atom stereocenters. The van der Waals surface area contributed by atoms with Crippen molar-refractivity contribution in [2.24, 2.45) is 5.92 Å². The first-order valence-electron chi connectivity index (χ1n) is 4.76. The van der Waals surface area contributed by atoms with Crippen molar-refractivity contribution < 1.29 is 14.6 Å². The number of benzene rings is 1. The summed E-state index contributed by atoms with van der Waals surface area (Å²) in [6, 6.07) is 5.55. The number of aliphatic hydroxyl groups is 1. The fourth-order valence-corrected chi connectivity index (χ4v) is 1.48. The number of rotatable bonds is 2. The largest absolute Gasteiger partial charge is 0.454 e. The van der Waals surface area contributed by atoms with Crippen LogP contribution in [0.5, 0.6) is 11.5 Å². The van der Waals surface area contributed by atoms with Gasteiger partial charge in [0.05, 0.1) is 6.10 Å². The van der Waals surface area contributed by atoms with E-state index in [1.807, 2.05) is 32.0 Å². The molecular formula is C11H14O3. The molecular weight excluding hydrogens is 180 g/mol. The summed E-state index contributed by atoms with van der Waals surface area (Å²) >= 11 is 0. The van der Waals surface area contributed by atoms with Crippen molar-refractivity contribution >= 4 is 0 Å². The molecule has 1 atom stereocenters. The fraction of sp³-hybridized carbons (Fsp3) is 0.455. The van der Waals surface area contributed by atoms with Gasteiger partial charge in [0.1, 0.15) is 0 Å². The molecule has 0 radical (unpaired) electrons. The molecule has 1 aliphatic rings. The quantitative estimate of drug-likeness (QED) is 0.783. The van der Waals surface area contributed by atoms with E-state index in [-0.39, 0.29) is 12.7 Å². The van der Waals surface area contributed by atoms with Crippen LogP contribution in [0.15, 0.2) is 18.2 Å². The third-order valence-corrected chi connectivity index (χ3v) is 2.37. The molecule has 76 valence electrons. The van der Waals surface area contributed by atoms with Gasteiger partial charge >= 0.3 is 0 Å². The average Bonchev–Trinajstić information content (AvgIpc) is 2.62. The van der Waals surface area contributed by atoms with E-state index in [0.29, 0.717) is 0 Å². The van der Waals surface area contributed by atoms with Gasteiger partial charge in [-0.2, -0.15) is 0 Å². The van der Waals surface area contributed by atoms with Crippen molar-refractivity contribution in [3.63, 3.8) is 0 Å². The smallest absolute Gasteiger partial charge is 0.231 e. The highest BCUT2D eigenvalue weighted by Crippen LogP contribution is 2.35. The molecule has 1 aromatic rings. The Hall–Kier alpha value is -1.22. The summed E-state index contributed by atoms with van der Waals surface area (Å²) in [6.45, 7) is 4.24. The lowest BCUT2D eigenvalue weighted by molar-refractivity contribution is 0.126. The first-order chi connectivity index (χ1) is 6.68. The van der Waals surface area contributed by atoms with Gasteiger partial charge in [-0.3, -0.25) is 0 Å². The van der Waals surface area contributed by atoms with Crippen LogP contribution in [0.2, 0.25) is 0 Å². The summed E-state index contributed by atoms with van der Waals surface area (Å²) in [4.78, 5) is 0. The first kappa shape index (κ1) is 9.34. The zero-order valence-electron chi connectivity index (χ0n) is 8.36. The number of aliphatic hydroxyl groups excluding tert-OH is 1. The van der Waals surface area contributed by atoms with Crippen molar-refractivity contribution in [3.8, 4) is 11.5 Å².